The number of hydrogen-bond acceptors (Lipinski definition) is 3. The van der Waals surface area contributed by atoms with Gasteiger partial charge in [-0.3, -0.25) is 9.59 Å². The lowest BCUT2D eigenvalue weighted by molar-refractivity contribution is 0.102. The summed E-state index contributed by atoms with van der Waals surface area (Å²) < 4.78 is 0. The number of para-hydroxylation sites is 1. The number of carbonyl (C=O) groups excluding carboxylic acids is 1. The van der Waals surface area contributed by atoms with E-state index in [1.807, 2.05) is 36.4 Å². The van der Waals surface area contributed by atoms with E-state index in [0.29, 0.717) is 11.5 Å². The molecule has 5 heteroatoms. The van der Waals surface area contributed by atoms with Crippen molar-refractivity contribution in [2.75, 3.05) is 5.32 Å². The highest BCUT2D eigenvalue weighted by molar-refractivity contribution is 6.03. The Labute approximate surface area is 126 Å². The topological polar surface area (TPSA) is 74.8 Å². The molecular formula is C17H13N3O2. The number of rotatable bonds is 3. The lowest BCUT2D eigenvalue weighted by Crippen LogP contribution is -2.24. The number of amides is 1. The standard InChI is InChI=1S/C17H13N3O2/c21-16(19-13-9-5-2-6-10-13)14-11-18-15(20-17(14)22)12-7-3-1-4-8-12/h1-11H,(H,19,21)(H,18,20,22). The van der Waals surface area contributed by atoms with Crippen LogP contribution in [0, 0.1) is 0 Å². The van der Waals surface area contributed by atoms with Gasteiger partial charge in [-0.05, 0) is 12.1 Å². The van der Waals surface area contributed by atoms with Gasteiger partial charge in [-0.2, -0.15) is 0 Å². The second-order valence-corrected chi connectivity index (χ2v) is 4.66. The first-order valence-electron chi connectivity index (χ1n) is 6.75. The smallest absolute Gasteiger partial charge is 0.264 e. The van der Waals surface area contributed by atoms with E-state index in [2.05, 4.69) is 15.3 Å². The summed E-state index contributed by atoms with van der Waals surface area (Å²) in [4.78, 5) is 31.0. The van der Waals surface area contributed by atoms with Crippen LogP contribution in [0.3, 0.4) is 0 Å². The molecule has 1 heterocycles. The maximum atomic E-state index is 12.1. The molecule has 1 aromatic heterocycles. The van der Waals surface area contributed by atoms with Gasteiger partial charge >= 0.3 is 0 Å². The van der Waals surface area contributed by atoms with Crippen molar-refractivity contribution in [3.8, 4) is 11.4 Å². The molecule has 0 radical (unpaired) electrons. The van der Waals surface area contributed by atoms with Crippen molar-refractivity contribution in [1.82, 2.24) is 9.97 Å². The molecule has 0 saturated carbocycles. The highest BCUT2D eigenvalue weighted by Gasteiger charge is 2.12. The van der Waals surface area contributed by atoms with E-state index in [1.54, 1.807) is 24.3 Å². The molecule has 3 rings (SSSR count). The van der Waals surface area contributed by atoms with E-state index >= 15 is 0 Å². The fourth-order valence-corrected chi connectivity index (χ4v) is 2.02. The fraction of sp³-hybridized carbons (Fsp3) is 0. The van der Waals surface area contributed by atoms with Gasteiger partial charge in [0.2, 0.25) is 0 Å². The summed E-state index contributed by atoms with van der Waals surface area (Å²) in [6.07, 6.45) is 1.29. The van der Waals surface area contributed by atoms with Gasteiger partial charge in [0.05, 0.1) is 0 Å². The normalized spacial score (nSPS) is 10.2. The third-order valence-corrected chi connectivity index (χ3v) is 3.12. The zero-order valence-corrected chi connectivity index (χ0v) is 11.6. The largest absolute Gasteiger partial charge is 0.322 e. The Balaban J connectivity index is 1.87. The molecule has 0 aliphatic heterocycles. The zero-order valence-electron chi connectivity index (χ0n) is 11.6. The molecule has 0 aliphatic rings. The molecule has 2 N–H and O–H groups in total. The molecule has 0 aliphatic carbocycles. The molecule has 108 valence electrons. The number of H-pyrrole nitrogens is 1. The number of anilines is 1. The Bertz CT molecular complexity index is 843. The van der Waals surface area contributed by atoms with Crippen LogP contribution in [0.5, 0.6) is 0 Å². The number of hydrogen-bond donors (Lipinski definition) is 2. The van der Waals surface area contributed by atoms with Crippen molar-refractivity contribution in [1.29, 1.82) is 0 Å². The SMILES string of the molecule is O=C(Nc1ccccc1)c1cnc(-c2ccccc2)[nH]c1=O. The van der Waals surface area contributed by atoms with Crippen LogP contribution in [-0.4, -0.2) is 15.9 Å². The van der Waals surface area contributed by atoms with Crippen LogP contribution in [-0.2, 0) is 0 Å². The average molecular weight is 291 g/mol. The number of nitrogens with one attached hydrogen (secondary N) is 2. The van der Waals surface area contributed by atoms with Crippen molar-refractivity contribution >= 4 is 11.6 Å². The van der Waals surface area contributed by atoms with E-state index in [4.69, 9.17) is 0 Å². The van der Waals surface area contributed by atoms with Crippen molar-refractivity contribution in [3.05, 3.63) is 82.8 Å². The van der Waals surface area contributed by atoms with Crippen molar-refractivity contribution < 1.29 is 4.79 Å². The first-order chi connectivity index (χ1) is 10.7. The molecule has 0 unspecified atom stereocenters. The van der Waals surface area contributed by atoms with Crippen LogP contribution < -0.4 is 10.9 Å². The van der Waals surface area contributed by atoms with Crippen molar-refractivity contribution in [2.24, 2.45) is 0 Å². The molecule has 0 spiro atoms. The first kappa shape index (κ1) is 13.8. The van der Waals surface area contributed by atoms with Crippen LogP contribution in [0.2, 0.25) is 0 Å². The summed E-state index contributed by atoms with van der Waals surface area (Å²) in [7, 11) is 0. The maximum Gasteiger partial charge on any atom is 0.264 e. The first-order valence-corrected chi connectivity index (χ1v) is 6.75. The van der Waals surface area contributed by atoms with Crippen LogP contribution in [0.15, 0.2) is 71.7 Å². The summed E-state index contributed by atoms with van der Waals surface area (Å²) in [6, 6.07) is 18.2. The third-order valence-electron chi connectivity index (χ3n) is 3.12. The van der Waals surface area contributed by atoms with Gasteiger partial charge in [0, 0.05) is 17.4 Å². The Morgan fingerprint density at radius 1 is 0.955 bits per heavy atom. The van der Waals surface area contributed by atoms with Gasteiger partial charge in [0.25, 0.3) is 11.5 Å². The molecule has 0 saturated heterocycles. The van der Waals surface area contributed by atoms with Gasteiger partial charge in [0.15, 0.2) is 0 Å². The minimum absolute atomic E-state index is 0.0245. The van der Waals surface area contributed by atoms with Crippen LogP contribution in [0.4, 0.5) is 5.69 Å². The second-order valence-electron chi connectivity index (χ2n) is 4.66. The number of aromatic nitrogens is 2. The summed E-state index contributed by atoms with van der Waals surface area (Å²) in [6.45, 7) is 0. The Morgan fingerprint density at radius 3 is 2.23 bits per heavy atom. The minimum atomic E-state index is -0.487. The lowest BCUT2D eigenvalue weighted by Gasteiger charge is -2.05. The third kappa shape index (κ3) is 2.93. The number of nitrogens with zero attached hydrogens (tertiary/aromatic N) is 1. The quantitative estimate of drug-likeness (QED) is 0.779. The molecule has 2 aromatic carbocycles. The van der Waals surface area contributed by atoms with Crippen LogP contribution >= 0.6 is 0 Å². The predicted octanol–water partition coefficient (Wildman–Crippen LogP) is 2.69. The zero-order chi connectivity index (χ0) is 15.4. The van der Waals surface area contributed by atoms with E-state index in [1.165, 1.54) is 6.20 Å². The Hall–Kier alpha value is -3.21. The molecule has 0 bridgehead atoms. The fourth-order valence-electron chi connectivity index (χ4n) is 2.02. The van der Waals surface area contributed by atoms with E-state index in [-0.39, 0.29) is 5.56 Å². The van der Waals surface area contributed by atoms with E-state index < -0.39 is 11.5 Å². The Morgan fingerprint density at radius 2 is 1.59 bits per heavy atom. The lowest BCUT2D eigenvalue weighted by atomic mass is 10.2. The predicted molar refractivity (Wildman–Crippen MR) is 84.7 cm³/mol. The van der Waals surface area contributed by atoms with E-state index in [9.17, 15) is 9.59 Å². The van der Waals surface area contributed by atoms with Gasteiger partial charge in [-0.25, -0.2) is 4.98 Å². The molecule has 1 amide bonds. The summed E-state index contributed by atoms with van der Waals surface area (Å²) in [5.41, 5.74) is 0.916. The number of carbonyl (C=O) groups is 1. The summed E-state index contributed by atoms with van der Waals surface area (Å²) >= 11 is 0. The molecule has 3 aromatic rings. The molecule has 5 nitrogen and oxygen atoms in total. The maximum absolute atomic E-state index is 12.1. The number of aromatic amines is 1. The van der Waals surface area contributed by atoms with E-state index in [0.717, 1.165) is 5.56 Å². The molecular weight excluding hydrogens is 278 g/mol. The monoisotopic (exact) mass is 291 g/mol. The van der Waals surface area contributed by atoms with Gasteiger partial charge in [-0.1, -0.05) is 48.5 Å². The highest BCUT2D eigenvalue weighted by Crippen LogP contribution is 2.12. The highest BCUT2D eigenvalue weighted by atomic mass is 16.2. The minimum Gasteiger partial charge on any atom is -0.322 e. The summed E-state index contributed by atoms with van der Waals surface area (Å²) in [5.74, 6) is -0.0542. The second kappa shape index (κ2) is 6.05. The van der Waals surface area contributed by atoms with Crippen molar-refractivity contribution in [2.45, 2.75) is 0 Å². The average Bonchev–Trinajstić information content (AvgIpc) is 2.56. The molecule has 22 heavy (non-hydrogen) atoms. The molecule has 0 fully saturated rings. The van der Waals surface area contributed by atoms with Gasteiger partial charge < -0.3 is 10.3 Å². The number of benzene rings is 2. The van der Waals surface area contributed by atoms with Gasteiger partial charge in [0.1, 0.15) is 11.4 Å². The van der Waals surface area contributed by atoms with Gasteiger partial charge in [-0.15, -0.1) is 0 Å². The van der Waals surface area contributed by atoms with Crippen molar-refractivity contribution in [3.63, 3.8) is 0 Å². The van der Waals surface area contributed by atoms with Crippen LogP contribution in [0.1, 0.15) is 10.4 Å². The summed E-state index contributed by atoms with van der Waals surface area (Å²) in [5, 5.41) is 2.66. The van der Waals surface area contributed by atoms with Crippen LogP contribution in [0.25, 0.3) is 11.4 Å². The Kier molecular flexibility index (Phi) is 3.78. The molecule has 0 atom stereocenters.